The quantitative estimate of drug-likeness (QED) is 0.385. The second kappa shape index (κ2) is 5.49. The minimum atomic E-state index is -0.0464. The zero-order valence-electron chi connectivity index (χ0n) is 11.5. The van der Waals surface area contributed by atoms with E-state index in [4.69, 9.17) is 11.5 Å². The van der Waals surface area contributed by atoms with Gasteiger partial charge in [-0.1, -0.05) is 30.0 Å². The van der Waals surface area contributed by atoms with Crippen molar-refractivity contribution < 1.29 is 0 Å². The second-order valence-corrected chi connectivity index (χ2v) is 5.73. The van der Waals surface area contributed by atoms with E-state index < -0.39 is 0 Å². The van der Waals surface area contributed by atoms with Crippen molar-refractivity contribution in [2.75, 3.05) is 5.32 Å². The van der Waals surface area contributed by atoms with E-state index in [1.807, 2.05) is 25.1 Å². The summed E-state index contributed by atoms with van der Waals surface area (Å²) in [5, 5.41) is 11.1. The fraction of sp³-hybridized carbons (Fsp3) is 0.0667. The fourth-order valence-electron chi connectivity index (χ4n) is 2.05. The Balaban J connectivity index is 1.94. The van der Waals surface area contributed by atoms with Gasteiger partial charge in [0.1, 0.15) is 0 Å². The third kappa shape index (κ3) is 2.85. The number of para-hydroxylation sites is 1. The van der Waals surface area contributed by atoms with E-state index in [-0.39, 0.29) is 5.96 Å². The van der Waals surface area contributed by atoms with Crippen molar-refractivity contribution in [3.63, 3.8) is 0 Å². The number of nitrogens with zero attached hydrogens (tertiary/aromatic N) is 2. The minimum absolute atomic E-state index is 0.0464. The van der Waals surface area contributed by atoms with Gasteiger partial charge >= 0.3 is 0 Å². The molecule has 0 unspecified atom stereocenters. The van der Waals surface area contributed by atoms with Crippen molar-refractivity contribution in [1.82, 2.24) is 0 Å². The van der Waals surface area contributed by atoms with E-state index in [0.717, 1.165) is 22.6 Å². The smallest absolute Gasteiger partial charge is 0.211 e. The lowest BCUT2D eigenvalue weighted by atomic mass is 10.1. The highest BCUT2D eigenvalue weighted by atomic mass is 32.2. The maximum Gasteiger partial charge on any atom is 0.211 e. The summed E-state index contributed by atoms with van der Waals surface area (Å²) in [5.74, 6) is -0.0464. The zero-order chi connectivity index (χ0) is 14.8. The lowest BCUT2D eigenvalue weighted by molar-refractivity contribution is 1.19. The Hall–Kier alpha value is -2.47. The monoisotopic (exact) mass is 297 g/mol. The Bertz CT molecular complexity index is 747. The molecule has 21 heavy (non-hydrogen) atoms. The van der Waals surface area contributed by atoms with Crippen LogP contribution in [0.2, 0.25) is 0 Å². The molecule has 0 atom stereocenters. The Kier molecular flexibility index (Phi) is 3.53. The van der Waals surface area contributed by atoms with Gasteiger partial charge in [0.2, 0.25) is 5.96 Å². The highest BCUT2D eigenvalue weighted by Gasteiger charge is 2.15. The molecule has 5 nitrogen and oxygen atoms in total. The lowest BCUT2D eigenvalue weighted by Gasteiger charge is -2.21. The summed E-state index contributed by atoms with van der Waals surface area (Å²) in [6.07, 6.45) is 0. The van der Waals surface area contributed by atoms with Crippen LogP contribution in [-0.2, 0) is 0 Å². The molecule has 106 valence electrons. The van der Waals surface area contributed by atoms with Crippen molar-refractivity contribution in [1.29, 1.82) is 0 Å². The average Bonchev–Trinajstić information content (AvgIpc) is 2.50. The van der Waals surface area contributed by atoms with Crippen LogP contribution in [0.25, 0.3) is 0 Å². The van der Waals surface area contributed by atoms with E-state index in [1.54, 1.807) is 11.8 Å². The molecule has 5 N–H and O–H groups in total. The van der Waals surface area contributed by atoms with E-state index >= 15 is 0 Å². The lowest BCUT2D eigenvalue weighted by Crippen LogP contribution is -2.22. The number of fused-ring (bicyclic) bond motifs is 2. The van der Waals surface area contributed by atoms with Gasteiger partial charge in [-0.3, -0.25) is 0 Å². The molecular formula is C15H15N5S. The first kappa shape index (κ1) is 13.5. The first-order valence-corrected chi connectivity index (χ1v) is 7.26. The number of hydrogen-bond donors (Lipinski definition) is 3. The van der Waals surface area contributed by atoms with E-state index in [0.29, 0.717) is 0 Å². The highest BCUT2D eigenvalue weighted by Crippen LogP contribution is 2.44. The van der Waals surface area contributed by atoms with Gasteiger partial charge in [-0.15, -0.1) is 5.10 Å². The summed E-state index contributed by atoms with van der Waals surface area (Å²) in [6, 6.07) is 14.4. The van der Waals surface area contributed by atoms with Crippen LogP contribution in [0.4, 0.5) is 11.4 Å². The van der Waals surface area contributed by atoms with Gasteiger partial charge in [0.05, 0.1) is 17.1 Å². The molecule has 1 aliphatic heterocycles. The number of guanidine groups is 1. The molecule has 0 aromatic heterocycles. The summed E-state index contributed by atoms with van der Waals surface area (Å²) in [5.41, 5.74) is 14.5. The predicted octanol–water partition coefficient (Wildman–Crippen LogP) is 2.89. The SMILES string of the molecule is CC(=NN=C(N)N)c1ccc2c(c1)Nc1ccccc1S2. The summed E-state index contributed by atoms with van der Waals surface area (Å²) in [7, 11) is 0. The Morgan fingerprint density at radius 2 is 1.76 bits per heavy atom. The molecule has 0 saturated carbocycles. The molecule has 3 rings (SSSR count). The molecule has 2 aromatic carbocycles. The molecule has 0 spiro atoms. The maximum absolute atomic E-state index is 5.29. The van der Waals surface area contributed by atoms with Gasteiger partial charge in [0.15, 0.2) is 0 Å². The molecule has 0 fully saturated rings. The summed E-state index contributed by atoms with van der Waals surface area (Å²) in [6.45, 7) is 1.87. The Morgan fingerprint density at radius 1 is 1.00 bits per heavy atom. The van der Waals surface area contributed by atoms with Crippen LogP contribution >= 0.6 is 11.8 Å². The van der Waals surface area contributed by atoms with Crippen LogP contribution in [0.3, 0.4) is 0 Å². The fourth-order valence-corrected chi connectivity index (χ4v) is 3.02. The molecule has 1 heterocycles. The first-order valence-electron chi connectivity index (χ1n) is 6.45. The van der Waals surface area contributed by atoms with Crippen LogP contribution < -0.4 is 16.8 Å². The van der Waals surface area contributed by atoms with Gasteiger partial charge in [0.25, 0.3) is 0 Å². The third-order valence-electron chi connectivity index (χ3n) is 3.09. The number of nitrogens with one attached hydrogen (secondary N) is 1. The minimum Gasteiger partial charge on any atom is -0.369 e. The average molecular weight is 297 g/mol. The van der Waals surface area contributed by atoms with Crippen molar-refractivity contribution in [3.05, 3.63) is 48.0 Å². The number of nitrogens with two attached hydrogens (primary N) is 2. The standard InChI is InChI=1S/C15H15N5S/c1-9(19-20-15(16)17)10-6-7-14-12(8-10)18-11-4-2-3-5-13(11)21-14/h2-8,18H,1H3,(H4,16,17,20). The van der Waals surface area contributed by atoms with Crippen LogP contribution in [0.15, 0.2) is 62.5 Å². The van der Waals surface area contributed by atoms with Crippen molar-refractivity contribution >= 4 is 34.8 Å². The van der Waals surface area contributed by atoms with E-state index in [1.165, 1.54) is 9.79 Å². The van der Waals surface area contributed by atoms with Gasteiger partial charge in [-0.2, -0.15) is 5.10 Å². The van der Waals surface area contributed by atoms with Crippen LogP contribution in [0.1, 0.15) is 12.5 Å². The summed E-state index contributed by atoms with van der Waals surface area (Å²) in [4.78, 5) is 2.41. The molecule has 2 aromatic rings. The molecular weight excluding hydrogens is 282 g/mol. The Labute approximate surface area is 127 Å². The normalized spacial score (nSPS) is 12.9. The second-order valence-electron chi connectivity index (χ2n) is 4.64. The molecule has 1 aliphatic rings. The molecule has 0 saturated heterocycles. The van der Waals surface area contributed by atoms with Gasteiger partial charge < -0.3 is 16.8 Å². The topological polar surface area (TPSA) is 88.8 Å². The molecule has 0 radical (unpaired) electrons. The van der Waals surface area contributed by atoms with E-state index in [2.05, 4.69) is 39.8 Å². The van der Waals surface area contributed by atoms with Gasteiger partial charge in [-0.25, -0.2) is 0 Å². The van der Waals surface area contributed by atoms with E-state index in [9.17, 15) is 0 Å². The van der Waals surface area contributed by atoms with Gasteiger partial charge in [0, 0.05) is 9.79 Å². The third-order valence-corrected chi connectivity index (χ3v) is 4.24. The summed E-state index contributed by atoms with van der Waals surface area (Å²) < 4.78 is 0. The molecule has 6 heteroatoms. The molecule has 0 bridgehead atoms. The Morgan fingerprint density at radius 3 is 2.57 bits per heavy atom. The molecule has 0 amide bonds. The predicted molar refractivity (Wildman–Crippen MR) is 88.3 cm³/mol. The van der Waals surface area contributed by atoms with Crippen molar-refractivity contribution in [2.45, 2.75) is 16.7 Å². The number of benzene rings is 2. The first-order chi connectivity index (χ1) is 10.1. The van der Waals surface area contributed by atoms with Gasteiger partial charge in [-0.05, 0) is 36.8 Å². The summed E-state index contributed by atoms with van der Waals surface area (Å²) >= 11 is 1.75. The molecule has 0 aliphatic carbocycles. The highest BCUT2D eigenvalue weighted by molar-refractivity contribution is 7.99. The maximum atomic E-state index is 5.29. The van der Waals surface area contributed by atoms with Crippen LogP contribution in [0, 0.1) is 0 Å². The number of rotatable bonds is 2. The van der Waals surface area contributed by atoms with Crippen molar-refractivity contribution in [2.24, 2.45) is 21.7 Å². The van der Waals surface area contributed by atoms with Crippen LogP contribution in [-0.4, -0.2) is 11.7 Å². The van der Waals surface area contributed by atoms with Crippen LogP contribution in [0.5, 0.6) is 0 Å². The number of anilines is 2. The zero-order valence-corrected chi connectivity index (χ0v) is 12.3. The number of hydrogen-bond acceptors (Lipinski definition) is 4. The largest absolute Gasteiger partial charge is 0.369 e. The van der Waals surface area contributed by atoms with Crippen molar-refractivity contribution in [3.8, 4) is 0 Å².